The summed E-state index contributed by atoms with van der Waals surface area (Å²) in [4.78, 5) is 27.8. The van der Waals surface area contributed by atoms with E-state index in [-0.39, 0.29) is 17.7 Å². The average molecular weight is 367 g/mol. The highest BCUT2D eigenvalue weighted by atomic mass is 19.1. The van der Waals surface area contributed by atoms with Crippen LogP contribution in [0.2, 0.25) is 0 Å². The third-order valence-electron chi connectivity index (χ3n) is 4.06. The van der Waals surface area contributed by atoms with E-state index in [0.717, 1.165) is 17.7 Å². The molecule has 6 nitrogen and oxygen atoms in total. The van der Waals surface area contributed by atoms with Gasteiger partial charge in [0.05, 0.1) is 11.3 Å². The second kappa shape index (κ2) is 7.82. The summed E-state index contributed by atoms with van der Waals surface area (Å²) in [5, 5.41) is 2.62. The predicted molar refractivity (Wildman–Crippen MR) is 97.6 cm³/mol. The van der Waals surface area contributed by atoms with Crippen molar-refractivity contribution in [1.82, 2.24) is 10.3 Å². The number of primary amides is 1. The Kier molecular flexibility index (Phi) is 5.30. The number of carbonyl (C=O) groups excluding carboxylic acids is 2. The fourth-order valence-corrected chi connectivity index (χ4v) is 2.61. The first kappa shape index (κ1) is 18.3. The van der Waals surface area contributed by atoms with Gasteiger partial charge in [0.1, 0.15) is 11.6 Å². The molecule has 1 heterocycles. The number of halogens is 1. The Hall–Kier alpha value is -3.48. The predicted octanol–water partition coefficient (Wildman–Crippen LogP) is 2.86. The molecule has 3 N–H and O–H groups in total. The number of hydrogen-bond acceptors (Lipinski definition) is 4. The number of nitrogens with zero attached hydrogens (tertiary/aromatic N) is 1. The molecule has 0 atom stereocenters. The lowest BCUT2D eigenvalue weighted by Gasteiger charge is -2.06. The van der Waals surface area contributed by atoms with Gasteiger partial charge in [-0.3, -0.25) is 9.59 Å². The molecule has 0 radical (unpaired) electrons. The topological polar surface area (TPSA) is 98.2 Å². The molecule has 0 bridgehead atoms. The van der Waals surface area contributed by atoms with E-state index in [1.807, 2.05) is 30.3 Å². The second-order valence-electron chi connectivity index (χ2n) is 5.95. The third-order valence-corrected chi connectivity index (χ3v) is 4.06. The molecule has 0 unspecified atom stereocenters. The molecule has 0 aliphatic heterocycles. The van der Waals surface area contributed by atoms with E-state index >= 15 is 0 Å². The number of rotatable bonds is 6. The quantitative estimate of drug-likeness (QED) is 0.700. The van der Waals surface area contributed by atoms with Gasteiger partial charge in [0, 0.05) is 24.1 Å². The zero-order chi connectivity index (χ0) is 19.4. The van der Waals surface area contributed by atoms with Crippen LogP contribution in [-0.2, 0) is 6.42 Å². The number of amides is 2. The molecule has 3 rings (SSSR count). The van der Waals surface area contributed by atoms with Crippen LogP contribution in [0.5, 0.6) is 0 Å². The summed E-state index contributed by atoms with van der Waals surface area (Å²) in [6.07, 6.45) is 0.422. The van der Waals surface area contributed by atoms with Crippen LogP contribution in [0.1, 0.15) is 32.2 Å². The lowest BCUT2D eigenvalue weighted by Crippen LogP contribution is -2.27. The van der Waals surface area contributed by atoms with Gasteiger partial charge in [-0.15, -0.1) is 0 Å². The Balaban J connectivity index is 1.65. The van der Waals surface area contributed by atoms with Gasteiger partial charge < -0.3 is 15.5 Å². The van der Waals surface area contributed by atoms with Crippen molar-refractivity contribution >= 4 is 11.8 Å². The van der Waals surface area contributed by atoms with Crippen molar-refractivity contribution in [3.8, 4) is 11.5 Å². The first-order valence-corrected chi connectivity index (χ1v) is 8.35. The van der Waals surface area contributed by atoms with Crippen molar-refractivity contribution in [1.29, 1.82) is 0 Å². The molecule has 138 valence electrons. The highest BCUT2D eigenvalue weighted by Gasteiger charge is 2.15. The molecule has 0 aliphatic rings. The van der Waals surface area contributed by atoms with Crippen molar-refractivity contribution in [3.63, 3.8) is 0 Å². The van der Waals surface area contributed by atoms with Crippen molar-refractivity contribution in [2.75, 3.05) is 6.54 Å². The lowest BCUT2D eigenvalue weighted by atomic mass is 10.1. The maximum atomic E-state index is 13.8. The molecule has 0 aliphatic carbocycles. The molecule has 0 saturated heterocycles. The van der Waals surface area contributed by atoms with Crippen LogP contribution in [0.3, 0.4) is 0 Å². The van der Waals surface area contributed by atoms with Crippen LogP contribution < -0.4 is 11.1 Å². The van der Waals surface area contributed by atoms with Gasteiger partial charge in [-0.1, -0.05) is 18.2 Å². The Morgan fingerprint density at radius 1 is 1.19 bits per heavy atom. The standard InChI is InChI=1S/C20H18FN3O3/c1-12-17(24-20(27-12)13-5-3-2-4-6-13)9-10-23-19(26)15-11-14(18(22)25)7-8-16(15)21/h2-8,11H,9-10H2,1H3,(H2,22,25)(H,23,26). The number of oxazole rings is 1. The van der Waals surface area contributed by atoms with Crippen LogP contribution in [0.4, 0.5) is 4.39 Å². The monoisotopic (exact) mass is 367 g/mol. The van der Waals surface area contributed by atoms with E-state index in [4.69, 9.17) is 10.2 Å². The van der Waals surface area contributed by atoms with Crippen molar-refractivity contribution in [2.24, 2.45) is 5.73 Å². The molecule has 2 aromatic carbocycles. The van der Waals surface area contributed by atoms with Gasteiger partial charge in [0.25, 0.3) is 5.91 Å². The zero-order valence-corrected chi connectivity index (χ0v) is 14.7. The fraction of sp³-hybridized carbons (Fsp3) is 0.150. The summed E-state index contributed by atoms with van der Waals surface area (Å²) < 4.78 is 19.5. The number of aryl methyl sites for hydroxylation is 1. The van der Waals surface area contributed by atoms with Crippen LogP contribution in [0.25, 0.3) is 11.5 Å². The maximum absolute atomic E-state index is 13.8. The number of nitrogens with one attached hydrogen (secondary N) is 1. The third kappa shape index (κ3) is 4.20. The summed E-state index contributed by atoms with van der Waals surface area (Å²) in [5.74, 6) is -0.906. The normalized spacial score (nSPS) is 10.6. The number of benzene rings is 2. The smallest absolute Gasteiger partial charge is 0.254 e. The van der Waals surface area contributed by atoms with E-state index in [2.05, 4.69) is 10.3 Å². The Bertz CT molecular complexity index is 983. The molecule has 7 heteroatoms. The molecule has 0 saturated carbocycles. The molecule has 0 fully saturated rings. The highest BCUT2D eigenvalue weighted by molar-refractivity contribution is 5.99. The van der Waals surface area contributed by atoms with Crippen LogP contribution in [0, 0.1) is 12.7 Å². The summed E-state index contributed by atoms with van der Waals surface area (Å²) in [5.41, 5.74) is 6.58. The Morgan fingerprint density at radius 3 is 2.63 bits per heavy atom. The number of nitrogens with two attached hydrogens (primary N) is 1. The molecule has 0 spiro atoms. The lowest BCUT2D eigenvalue weighted by molar-refractivity contribution is 0.0950. The van der Waals surface area contributed by atoms with E-state index in [0.29, 0.717) is 23.8 Å². The van der Waals surface area contributed by atoms with Gasteiger partial charge in [-0.05, 0) is 37.3 Å². The molecular formula is C20H18FN3O3. The molecule has 1 aromatic heterocycles. The summed E-state index contributed by atoms with van der Waals surface area (Å²) in [6, 6.07) is 12.9. The molecule has 2 amide bonds. The Labute approximate surface area is 155 Å². The van der Waals surface area contributed by atoms with Gasteiger partial charge in [0.2, 0.25) is 11.8 Å². The maximum Gasteiger partial charge on any atom is 0.254 e. The molecule has 27 heavy (non-hydrogen) atoms. The first-order valence-electron chi connectivity index (χ1n) is 8.35. The number of aromatic nitrogens is 1. The van der Waals surface area contributed by atoms with Gasteiger partial charge in [-0.2, -0.15) is 0 Å². The molecule has 3 aromatic rings. The first-order chi connectivity index (χ1) is 13.0. The van der Waals surface area contributed by atoms with Crippen molar-refractivity contribution in [2.45, 2.75) is 13.3 Å². The minimum absolute atomic E-state index is 0.0707. The van der Waals surface area contributed by atoms with Gasteiger partial charge in [-0.25, -0.2) is 9.37 Å². The minimum Gasteiger partial charge on any atom is -0.441 e. The van der Waals surface area contributed by atoms with Gasteiger partial charge >= 0.3 is 0 Å². The van der Waals surface area contributed by atoms with Crippen LogP contribution >= 0.6 is 0 Å². The van der Waals surface area contributed by atoms with E-state index in [9.17, 15) is 14.0 Å². The van der Waals surface area contributed by atoms with Crippen molar-refractivity contribution in [3.05, 3.63) is 76.9 Å². The summed E-state index contributed by atoms with van der Waals surface area (Å²) >= 11 is 0. The Morgan fingerprint density at radius 2 is 1.93 bits per heavy atom. The van der Waals surface area contributed by atoms with Crippen molar-refractivity contribution < 1.29 is 18.4 Å². The average Bonchev–Trinajstić information content (AvgIpc) is 3.03. The second-order valence-corrected chi connectivity index (χ2v) is 5.95. The van der Waals surface area contributed by atoms with E-state index < -0.39 is 17.6 Å². The molecular weight excluding hydrogens is 349 g/mol. The largest absolute Gasteiger partial charge is 0.441 e. The van der Waals surface area contributed by atoms with Crippen LogP contribution in [0.15, 0.2) is 52.9 Å². The number of carbonyl (C=O) groups is 2. The fourth-order valence-electron chi connectivity index (χ4n) is 2.61. The summed E-state index contributed by atoms with van der Waals surface area (Å²) in [7, 11) is 0. The minimum atomic E-state index is -0.726. The number of hydrogen-bond donors (Lipinski definition) is 2. The van der Waals surface area contributed by atoms with E-state index in [1.54, 1.807) is 6.92 Å². The zero-order valence-electron chi connectivity index (χ0n) is 14.7. The van der Waals surface area contributed by atoms with Crippen LogP contribution in [-0.4, -0.2) is 23.3 Å². The van der Waals surface area contributed by atoms with Gasteiger partial charge in [0.15, 0.2) is 0 Å². The SMILES string of the molecule is Cc1oc(-c2ccccc2)nc1CCNC(=O)c1cc(C(N)=O)ccc1F. The highest BCUT2D eigenvalue weighted by Crippen LogP contribution is 2.21. The summed E-state index contributed by atoms with van der Waals surface area (Å²) in [6.45, 7) is 2.03. The van der Waals surface area contributed by atoms with E-state index in [1.165, 1.54) is 6.07 Å².